The predicted octanol–water partition coefficient (Wildman–Crippen LogP) is 1.34. The number of anilines is 1. The van der Waals surface area contributed by atoms with Gasteiger partial charge in [-0.25, -0.2) is 13.1 Å². The molecule has 126 valence electrons. The molecule has 4 N–H and O–H groups in total. The van der Waals surface area contributed by atoms with Gasteiger partial charge in [0, 0.05) is 5.69 Å². The van der Waals surface area contributed by atoms with Crippen LogP contribution in [-0.2, 0) is 14.8 Å². The Hall–Kier alpha value is -0.800. The van der Waals surface area contributed by atoms with Crippen LogP contribution < -0.4 is 15.8 Å². The van der Waals surface area contributed by atoms with Crippen LogP contribution in [0.2, 0.25) is 0 Å². The lowest BCUT2D eigenvalue weighted by atomic mass is 10.2. The summed E-state index contributed by atoms with van der Waals surface area (Å²) in [6.45, 7) is 1.69. The van der Waals surface area contributed by atoms with E-state index in [0.29, 0.717) is 17.7 Å². The molecule has 0 radical (unpaired) electrons. The first-order valence-corrected chi connectivity index (χ1v) is 9.29. The molecule has 1 rings (SSSR count). The molecule has 1 amide bonds. The van der Waals surface area contributed by atoms with Gasteiger partial charge in [-0.05, 0) is 50.1 Å². The molecule has 1 aromatic carbocycles. The maximum absolute atomic E-state index is 11.9. The third-order valence-corrected chi connectivity index (χ3v) is 5.18. The molecule has 9 heteroatoms. The summed E-state index contributed by atoms with van der Waals surface area (Å²) in [7, 11) is -2.21. The molecule has 1 aromatic rings. The summed E-state index contributed by atoms with van der Waals surface area (Å²) in [6.07, 6.45) is 2.51. The molecule has 0 fully saturated rings. The zero-order chi connectivity index (χ0) is 16.0. The van der Waals surface area contributed by atoms with Crippen molar-refractivity contribution in [3.05, 3.63) is 23.8 Å². The number of amides is 1. The van der Waals surface area contributed by atoms with Crippen LogP contribution in [0.15, 0.2) is 23.1 Å². The van der Waals surface area contributed by atoms with Crippen LogP contribution in [0.5, 0.6) is 0 Å². The number of halogens is 1. The predicted molar refractivity (Wildman–Crippen MR) is 94.3 cm³/mol. The smallest absolute Gasteiger partial charge is 0.241 e. The Kier molecular flexibility index (Phi) is 9.02. The molecule has 0 aliphatic heterocycles. The number of sulfonamides is 1. The maximum atomic E-state index is 11.9. The van der Waals surface area contributed by atoms with Crippen molar-refractivity contribution in [1.82, 2.24) is 4.72 Å². The van der Waals surface area contributed by atoms with E-state index in [1.165, 1.54) is 13.1 Å². The van der Waals surface area contributed by atoms with E-state index in [1.54, 1.807) is 30.8 Å². The van der Waals surface area contributed by atoms with Crippen molar-refractivity contribution in [3.63, 3.8) is 0 Å². The summed E-state index contributed by atoms with van der Waals surface area (Å²) < 4.78 is 26.0. The lowest BCUT2D eigenvalue weighted by molar-refractivity contribution is -0.117. The fraction of sp³-hybridized carbons (Fsp3) is 0.462. The molecule has 0 saturated heterocycles. The van der Waals surface area contributed by atoms with Gasteiger partial charge in [-0.2, -0.15) is 11.8 Å². The van der Waals surface area contributed by atoms with Gasteiger partial charge < -0.3 is 11.1 Å². The average molecular weight is 368 g/mol. The van der Waals surface area contributed by atoms with Crippen molar-refractivity contribution in [2.24, 2.45) is 5.73 Å². The summed E-state index contributed by atoms with van der Waals surface area (Å²) >= 11 is 1.62. The number of rotatable bonds is 7. The van der Waals surface area contributed by atoms with E-state index in [1.807, 2.05) is 6.26 Å². The van der Waals surface area contributed by atoms with E-state index in [9.17, 15) is 13.2 Å². The van der Waals surface area contributed by atoms with E-state index in [2.05, 4.69) is 10.0 Å². The Morgan fingerprint density at radius 3 is 2.59 bits per heavy atom. The molecule has 0 aliphatic rings. The van der Waals surface area contributed by atoms with Crippen LogP contribution in [0.1, 0.15) is 12.0 Å². The summed E-state index contributed by atoms with van der Waals surface area (Å²) in [5, 5.41) is 2.65. The monoisotopic (exact) mass is 367 g/mol. The van der Waals surface area contributed by atoms with Crippen LogP contribution in [0, 0.1) is 6.92 Å². The lowest BCUT2D eigenvalue weighted by Gasteiger charge is -2.13. The number of benzene rings is 1. The first-order valence-electron chi connectivity index (χ1n) is 6.41. The van der Waals surface area contributed by atoms with Gasteiger partial charge in [0.1, 0.15) is 0 Å². The number of nitrogens with one attached hydrogen (secondary N) is 2. The molecule has 1 atom stereocenters. The fourth-order valence-corrected chi connectivity index (χ4v) is 3.17. The normalized spacial score (nSPS) is 12.4. The highest BCUT2D eigenvalue weighted by atomic mass is 35.5. The van der Waals surface area contributed by atoms with Gasteiger partial charge in [-0.15, -0.1) is 12.4 Å². The molecule has 0 spiro atoms. The molecule has 0 bridgehead atoms. The van der Waals surface area contributed by atoms with Gasteiger partial charge in [0.05, 0.1) is 10.9 Å². The van der Waals surface area contributed by atoms with Crippen LogP contribution in [0.3, 0.4) is 0 Å². The Morgan fingerprint density at radius 1 is 1.41 bits per heavy atom. The quantitative estimate of drug-likeness (QED) is 0.675. The van der Waals surface area contributed by atoms with Gasteiger partial charge in [0.2, 0.25) is 15.9 Å². The number of hydrogen-bond acceptors (Lipinski definition) is 5. The summed E-state index contributed by atoms with van der Waals surface area (Å²) in [4.78, 5) is 12.1. The Morgan fingerprint density at radius 2 is 2.05 bits per heavy atom. The zero-order valence-corrected chi connectivity index (χ0v) is 15.2. The number of hydrogen-bond donors (Lipinski definition) is 3. The second kappa shape index (κ2) is 9.36. The topological polar surface area (TPSA) is 101 Å². The Balaban J connectivity index is 0.00000441. The largest absolute Gasteiger partial charge is 0.325 e. The van der Waals surface area contributed by atoms with Crippen molar-refractivity contribution < 1.29 is 13.2 Å². The minimum atomic E-state index is -3.56. The molecule has 0 aromatic heterocycles. The van der Waals surface area contributed by atoms with Gasteiger partial charge in [-0.1, -0.05) is 6.07 Å². The van der Waals surface area contributed by atoms with Gasteiger partial charge in [0.15, 0.2) is 0 Å². The highest BCUT2D eigenvalue weighted by Gasteiger charge is 2.17. The number of thioether (sulfide) groups is 1. The maximum Gasteiger partial charge on any atom is 0.241 e. The van der Waals surface area contributed by atoms with Crippen LogP contribution in [-0.4, -0.2) is 39.4 Å². The zero-order valence-electron chi connectivity index (χ0n) is 12.8. The van der Waals surface area contributed by atoms with Crippen molar-refractivity contribution >= 4 is 45.8 Å². The number of carbonyl (C=O) groups is 1. The second-order valence-corrected chi connectivity index (χ2v) is 7.41. The van der Waals surface area contributed by atoms with Crippen molar-refractivity contribution in [3.8, 4) is 0 Å². The number of carbonyl (C=O) groups excluding carboxylic acids is 1. The third-order valence-electron chi connectivity index (χ3n) is 2.98. The van der Waals surface area contributed by atoms with E-state index < -0.39 is 16.1 Å². The Bertz CT molecular complexity index is 609. The van der Waals surface area contributed by atoms with Crippen molar-refractivity contribution in [2.75, 3.05) is 24.4 Å². The molecule has 0 saturated carbocycles. The van der Waals surface area contributed by atoms with Crippen LogP contribution in [0.25, 0.3) is 0 Å². The molecule has 6 nitrogen and oxygen atoms in total. The van der Waals surface area contributed by atoms with Gasteiger partial charge in [0.25, 0.3) is 0 Å². The Labute approximate surface area is 142 Å². The summed E-state index contributed by atoms with van der Waals surface area (Å²) in [5.41, 5.74) is 6.80. The standard InChI is InChI=1S/C13H21N3O3S2.ClH/c1-9-4-5-10(8-12(9)21(18,19)15-2)16-13(17)11(14)6-7-20-3;/h4-5,8,11,15H,6-7,14H2,1-3H3,(H,16,17);1H/t11-;/m0./s1. The minimum absolute atomic E-state index is 0. The fourth-order valence-electron chi connectivity index (χ4n) is 1.69. The lowest BCUT2D eigenvalue weighted by Crippen LogP contribution is -2.36. The van der Waals surface area contributed by atoms with E-state index >= 15 is 0 Å². The first kappa shape index (κ1) is 21.2. The molecule has 0 aliphatic carbocycles. The summed E-state index contributed by atoms with van der Waals surface area (Å²) in [6, 6.07) is 4.12. The van der Waals surface area contributed by atoms with E-state index in [0.717, 1.165) is 5.75 Å². The summed E-state index contributed by atoms with van der Waals surface area (Å²) in [5.74, 6) is 0.475. The van der Waals surface area contributed by atoms with E-state index in [4.69, 9.17) is 5.73 Å². The van der Waals surface area contributed by atoms with E-state index in [-0.39, 0.29) is 23.2 Å². The van der Waals surface area contributed by atoms with Gasteiger partial charge in [-0.3, -0.25) is 4.79 Å². The SMILES string of the molecule is CNS(=O)(=O)c1cc(NC(=O)[C@@H](N)CCSC)ccc1C.Cl. The average Bonchev–Trinajstić information content (AvgIpc) is 2.46. The molecule has 0 heterocycles. The van der Waals surface area contributed by atoms with Crippen molar-refractivity contribution in [1.29, 1.82) is 0 Å². The van der Waals surface area contributed by atoms with Crippen molar-refractivity contribution in [2.45, 2.75) is 24.3 Å². The molecule has 22 heavy (non-hydrogen) atoms. The van der Waals surface area contributed by atoms with Crippen LogP contribution >= 0.6 is 24.2 Å². The second-order valence-electron chi connectivity index (χ2n) is 4.57. The first-order chi connectivity index (χ1) is 9.81. The molecular formula is C13H22ClN3O3S2. The molecular weight excluding hydrogens is 346 g/mol. The van der Waals surface area contributed by atoms with Crippen LogP contribution in [0.4, 0.5) is 5.69 Å². The minimum Gasteiger partial charge on any atom is -0.325 e. The van der Waals surface area contributed by atoms with Gasteiger partial charge >= 0.3 is 0 Å². The number of aryl methyl sites for hydroxylation is 1. The third kappa shape index (κ3) is 5.77. The highest BCUT2D eigenvalue weighted by molar-refractivity contribution is 7.98. The number of nitrogens with two attached hydrogens (primary N) is 1. The highest BCUT2D eigenvalue weighted by Crippen LogP contribution is 2.20. The molecule has 0 unspecified atom stereocenters.